The van der Waals surface area contributed by atoms with Crippen molar-refractivity contribution in [3.63, 3.8) is 0 Å². The molecular formula is C10H11ClFNO. The van der Waals surface area contributed by atoms with Crippen LogP contribution < -0.4 is 5.32 Å². The van der Waals surface area contributed by atoms with Gasteiger partial charge in [-0.25, -0.2) is 4.39 Å². The number of aryl methyl sites for hydroxylation is 1. The molecule has 1 amide bonds. The number of hydrogen-bond donors (Lipinski definition) is 1. The van der Waals surface area contributed by atoms with Crippen LogP contribution in [-0.2, 0) is 4.79 Å². The third-order valence-corrected chi connectivity index (χ3v) is 2.00. The van der Waals surface area contributed by atoms with Gasteiger partial charge in [0.15, 0.2) is 0 Å². The van der Waals surface area contributed by atoms with Gasteiger partial charge in [-0.1, -0.05) is 12.1 Å². The van der Waals surface area contributed by atoms with E-state index in [1.54, 1.807) is 19.1 Å². The van der Waals surface area contributed by atoms with Gasteiger partial charge in [-0.05, 0) is 18.6 Å². The van der Waals surface area contributed by atoms with Crippen LogP contribution in [-0.4, -0.2) is 11.8 Å². The number of alkyl halides is 1. The highest BCUT2D eigenvalue weighted by Crippen LogP contribution is 2.18. The molecule has 0 bridgehead atoms. The molecule has 1 rings (SSSR count). The summed E-state index contributed by atoms with van der Waals surface area (Å²) in [5, 5.41) is 2.48. The average Bonchev–Trinajstić information content (AvgIpc) is 2.12. The molecule has 0 aromatic heterocycles. The number of nitrogens with one attached hydrogen (secondary N) is 1. The van der Waals surface area contributed by atoms with Gasteiger partial charge in [0, 0.05) is 12.3 Å². The Hall–Kier alpha value is -1.09. The van der Waals surface area contributed by atoms with E-state index in [0.29, 0.717) is 5.56 Å². The van der Waals surface area contributed by atoms with Crippen molar-refractivity contribution in [2.75, 3.05) is 11.2 Å². The zero-order valence-electron chi connectivity index (χ0n) is 7.81. The first kappa shape index (κ1) is 11.0. The topological polar surface area (TPSA) is 29.1 Å². The number of amides is 1. The van der Waals surface area contributed by atoms with Crippen LogP contribution in [0.2, 0.25) is 0 Å². The molecule has 2 nitrogen and oxygen atoms in total. The van der Waals surface area contributed by atoms with Crippen LogP contribution in [0.5, 0.6) is 0 Å². The summed E-state index contributed by atoms with van der Waals surface area (Å²) in [6.45, 7) is 1.74. The summed E-state index contributed by atoms with van der Waals surface area (Å²) in [4.78, 5) is 11.2. The van der Waals surface area contributed by atoms with E-state index in [-0.39, 0.29) is 23.9 Å². The van der Waals surface area contributed by atoms with Gasteiger partial charge in [0.1, 0.15) is 5.82 Å². The highest BCUT2D eigenvalue weighted by Gasteiger charge is 2.08. The molecule has 0 radical (unpaired) electrons. The van der Waals surface area contributed by atoms with Gasteiger partial charge in [-0.15, -0.1) is 11.6 Å². The normalized spacial score (nSPS) is 9.93. The number of carbonyl (C=O) groups excluding carboxylic acids is 1. The van der Waals surface area contributed by atoms with E-state index >= 15 is 0 Å². The van der Waals surface area contributed by atoms with Crippen LogP contribution in [0.3, 0.4) is 0 Å². The maximum atomic E-state index is 13.2. The lowest BCUT2D eigenvalue weighted by Gasteiger charge is -2.08. The monoisotopic (exact) mass is 215 g/mol. The molecule has 0 spiro atoms. The summed E-state index contributed by atoms with van der Waals surface area (Å²) in [5.74, 6) is -0.458. The molecule has 0 heterocycles. The molecule has 1 N–H and O–H groups in total. The quantitative estimate of drug-likeness (QED) is 0.772. The van der Waals surface area contributed by atoms with Crippen molar-refractivity contribution >= 4 is 23.2 Å². The van der Waals surface area contributed by atoms with E-state index in [1.807, 2.05) is 0 Å². The Balaban J connectivity index is 2.80. The van der Waals surface area contributed by atoms with E-state index in [1.165, 1.54) is 6.07 Å². The van der Waals surface area contributed by atoms with Crippen LogP contribution in [0.15, 0.2) is 18.2 Å². The van der Waals surface area contributed by atoms with Crippen LogP contribution in [0.1, 0.15) is 12.0 Å². The van der Waals surface area contributed by atoms with Crippen LogP contribution in [0.25, 0.3) is 0 Å². The number of halogens is 2. The summed E-state index contributed by atoms with van der Waals surface area (Å²) in [6.07, 6.45) is 0.190. The molecule has 0 unspecified atom stereocenters. The first-order valence-corrected chi connectivity index (χ1v) is 4.79. The van der Waals surface area contributed by atoms with Gasteiger partial charge in [-0.3, -0.25) is 4.79 Å². The Kier molecular flexibility index (Phi) is 3.89. The Bertz CT molecular complexity index is 321. The highest BCUT2D eigenvalue weighted by atomic mass is 35.5. The molecule has 1 aromatic carbocycles. The summed E-state index contributed by atoms with van der Waals surface area (Å²) in [6, 6.07) is 4.64. The fourth-order valence-corrected chi connectivity index (χ4v) is 1.25. The maximum Gasteiger partial charge on any atom is 0.225 e. The predicted octanol–water partition coefficient (Wildman–Crippen LogP) is 2.70. The number of para-hydroxylation sites is 1. The van der Waals surface area contributed by atoms with E-state index in [2.05, 4.69) is 5.32 Å². The summed E-state index contributed by atoms with van der Waals surface area (Å²) < 4.78 is 13.2. The lowest BCUT2D eigenvalue weighted by atomic mass is 10.2. The fourth-order valence-electron chi connectivity index (χ4n) is 1.08. The maximum absolute atomic E-state index is 13.2. The first-order chi connectivity index (χ1) is 6.65. The lowest BCUT2D eigenvalue weighted by molar-refractivity contribution is -0.115. The molecule has 1 aromatic rings. The minimum Gasteiger partial charge on any atom is -0.323 e. The molecule has 0 atom stereocenters. The second kappa shape index (κ2) is 4.96. The van der Waals surface area contributed by atoms with Gasteiger partial charge in [0.2, 0.25) is 5.91 Å². The molecule has 4 heteroatoms. The van der Waals surface area contributed by atoms with E-state index in [4.69, 9.17) is 11.6 Å². The van der Waals surface area contributed by atoms with Gasteiger partial charge in [0.05, 0.1) is 5.69 Å². The molecule has 14 heavy (non-hydrogen) atoms. The highest BCUT2D eigenvalue weighted by molar-refractivity contribution is 6.19. The van der Waals surface area contributed by atoms with Gasteiger partial charge in [0.25, 0.3) is 0 Å². The van der Waals surface area contributed by atoms with Gasteiger partial charge < -0.3 is 5.32 Å². The summed E-state index contributed by atoms with van der Waals surface area (Å²) in [7, 11) is 0. The number of anilines is 1. The van der Waals surface area contributed by atoms with Gasteiger partial charge >= 0.3 is 0 Å². The van der Waals surface area contributed by atoms with Crippen LogP contribution >= 0.6 is 11.6 Å². The molecule has 0 fully saturated rings. The van der Waals surface area contributed by atoms with Crippen molar-refractivity contribution in [1.29, 1.82) is 0 Å². The third kappa shape index (κ3) is 2.70. The lowest BCUT2D eigenvalue weighted by Crippen LogP contribution is -2.13. The predicted molar refractivity (Wildman–Crippen MR) is 55.1 cm³/mol. The minimum atomic E-state index is -0.423. The molecule has 0 aliphatic rings. The molecule has 0 saturated heterocycles. The largest absolute Gasteiger partial charge is 0.323 e. The number of rotatable bonds is 3. The standard InChI is InChI=1S/C10H11ClFNO/c1-7-3-2-4-8(12)10(7)13-9(14)5-6-11/h2-4H,5-6H2,1H3,(H,13,14). The smallest absolute Gasteiger partial charge is 0.225 e. The zero-order valence-corrected chi connectivity index (χ0v) is 8.57. The zero-order chi connectivity index (χ0) is 10.6. The molecular weight excluding hydrogens is 205 g/mol. The van der Waals surface area contributed by atoms with Crippen molar-refractivity contribution in [3.8, 4) is 0 Å². The third-order valence-electron chi connectivity index (χ3n) is 1.81. The van der Waals surface area contributed by atoms with Crippen molar-refractivity contribution in [3.05, 3.63) is 29.6 Å². The Labute approximate surface area is 87.1 Å². The fraction of sp³-hybridized carbons (Fsp3) is 0.300. The van der Waals surface area contributed by atoms with E-state index in [0.717, 1.165) is 0 Å². The summed E-state index contributed by atoms with van der Waals surface area (Å²) >= 11 is 5.39. The number of benzene rings is 1. The van der Waals surface area contributed by atoms with Crippen molar-refractivity contribution in [2.24, 2.45) is 0 Å². The second-order valence-electron chi connectivity index (χ2n) is 2.92. The minimum absolute atomic E-state index is 0.190. The number of carbonyl (C=O) groups is 1. The SMILES string of the molecule is Cc1cccc(F)c1NC(=O)CCCl. The van der Waals surface area contributed by atoms with E-state index < -0.39 is 5.82 Å². The number of hydrogen-bond acceptors (Lipinski definition) is 1. The van der Waals surface area contributed by atoms with Crippen molar-refractivity contribution in [1.82, 2.24) is 0 Å². The molecule has 0 aliphatic heterocycles. The van der Waals surface area contributed by atoms with Crippen LogP contribution in [0, 0.1) is 12.7 Å². The van der Waals surface area contributed by atoms with Crippen LogP contribution in [0.4, 0.5) is 10.1 Å². The molecule has 0 aliphatic carbocycles. The van der Waals surface area contributed by atoms with Crippen molar-refractivity contribution in [2.45, 2.75) is 13.3 Å². The van der Waals surface area contributed by atoms with E-state index in [9.17, 15) is 9.18 Å². The Morgan fingerprint density at radius 1 is 1.57 bits per heavy atom. The van der Waals surface area contributed by atoms with Gasteiger partial charge in [-0.2, -0.15) is 0 Å². The summed E-state index contributed by atoms with van der Waals surface area (Å²) in [5.41, 5.74) is 0.940. The molecule has 0 saturated carbocycles. The first-order valence-electron chi connectivity index (χ1n) is 4.26. The Morgan fingerprint density at radius 3 is 2.86 bits per heavy atom. The van der Waals surface area contributed by atoms with Crippen molar-refractivity contribution < 1.29 is 9.18 Å². The average molecular weight is 216 g/mol. The Morgan fingerprint density at radius 2 is 2.29 bits per heavy atom. The second-order valence-corrected chi connectivity index (χ2v) is 3.30. The molecule has 76 valence electrons.